The molecule has 2 amide bonds. The highest BCUT2D eigenvalue weighted by Crippen LogP contribution is 2.32. The van der Waals surface area contributed by atoms with Gasteiger partial charge in [-0.05, 0) is 48.9 Å². The normalized spacial score (nSPS) is 18.1. The van der Waals surface area contributed by atoms with Crippen molar-refractivity contribution >= 4 is 27.7 Å². The lowest BCUT2D eigenvalue weighted by Gasteiger charge is -2.48. The number of alkyl halides is 3. The van der Waals surface area contributed by atoms with Crippen LogP contribution in [-0.2, 0) is 11.0 Å². The van der Waals surface area contributed by atoms with Crippen LogP contribution in [0.5, 0.6) is 0 Å². The third kappa shape index (κ3) is 7.58. The first-order chi connectivity index (χ1) is 18.4. The summed E-state index contributed by atoms with van der Waals surface area (Å²) in [4.78, 5) is 32.8. The molecule has 2 heterocycles. The summed E-state index contributed by atoms with van der Waals surface area (Å²) >= 11 is 3.08. The third-order valence-electron chi connectivity index (χ3n) is 7.66. The second-order valence-electron chi connectivity index (χ2n) is 10.4. The molecule has 2 aliphatic heterocycles. The van der Waals surface area contributed by atoms with Crippen molar-refractivity contribution in [2.75, 3.05) is 59.4 Å². The maximum atomic E-state index is 13.6. The standard InChI is InChI=1S/C28H33BrF4N4O2/c1-19(38)36-9-11-37(12-10-36)26-17-35(18-26)8-7-21(20-3-5-25(30)6-4-20)16-34(2)27(39)22-13-23(28(31,32)33)15-24(29)14-22/h3-6,13-15,21,26H,7-12,16-18H2,1-2H3. The quantitative estimate of drug-likeness (QED) is 0.406. The number of nitrogens with zero attached hydrogens (tertiary/aromatic N) is 4. The number of halogens is 5. The van der Waals surface area contributed by atoms with Crippen molar-refractivity contribution in [3.63, 3.8) is 0 Å². The van der Waals surface area contributed by atoms with Crippen LogP contribution in [0.25, 0.3) is 0 Å². The maximum Gasteiger partial charge on any atom is 0.416 e. The number of piperazine rings is 1. The van der Waals surface area contributed by atoms with Crippen LogP contribution >= 0.6 is 15.9 Å². The molecule has 0 aliphatic carbocycles. The summed E-state index contributed by atoms with van der Waals surface area (Å²) in [5.74, 6) is -0.873. The van der Waals surface area contributed by atoms with Gasteiger partial charge in [-0.1, -0.05) is 28.1 Å². The molecule has 6 nitrogen and oxygen atoms in total. The molecule has 0 radical (unpaired) electrons. The van der Waals surface area contributed by atoms with E-state index < -0.39 is 17.6 Å². The van der Waals surface area contributed by atoms with Gasteiger partial charge in [0.25, 0.3) is 5.91 Å². The van der Waals surface area contributed by atoms with Gasteiger partial charge in [-0.25, -0.2) is 4.39 Å². The summed E-state index contributed by atoms with van der Waals surface area (Å²) < 4.78 is 53.6. The molecule has 0 spiro atoms. The summed E-state index contributed by atoms with van der Waals surface area (Å²) in [5.41, 5.74) is -0.0648. The highest BCUT2D eigenvalue weighted by atomic mass is 79.9. The molecule has 1 unspecified atom stereocenters. The van der Waals surface area contributed by atoms with Crippen LogP contribution in [0.15, 0.2) is 46.9 Å². The molecule has 2 aromatic carbocycles. The molecule has 0 aromatic heterocycles. The van der Waals surface area contributed by atoms with Gasteiger partial charge in [0.1, 0.15) is 5.82 Å². The van der Waals surface area contributed by atoms with E-state index in [0.29, 0.717) is 12.5 Å². The van der Waals surface area contributed by atoms with Crippen LogP contribution in [-0.4, -0.2) is 96.9 Å². The van der Waals surface area contributed by atoms with Gasteiger partial charge in [0.15, 0.2) is 0 Å². The van der Waals surface area contributed by atoms with E-state index in [1.807, 2.05) is 4.90 Å². The predicted molar refractivity (Wildman–Crippen MR) is 144 cm³/mol. The molecular weight excluding hydrogens is 580 g/mol. The molecule has 2 aromatic rings. The van der Waals surface area contributed by atoms with Crippen LogP contribution in [0.2, 0.25) is 0 Å². The number of likely N-dealkylation sites (N-methyl/N-ethyl adjacent to an activating group) is 1. The SMILES string of the molecule is CC(=O)N1CCN(C2CN(CCC(CN(C)C(=O)c3cc(Br)cc(C(F)(F)F)c3)c3ccc(F)cc3)C2)CC1. The Kier molecular flexibility index (Phi) is 9.33. The highest BCUT2D eigenvalue weighted by Gasteiger charge is 2.35. The Hall–Kier alpha value is -2.50. The second kappa shape index (κ2) is 12.3. The van der Waals surface area contributed by atoms with Gasteiger partial charge in [0.05, 0.1) is 5.56 Å². The lowest BCUT2D eigenvalue weighted by atomic mass is 9.93. The van der Waals surface area contributed by atoms with E-state index >= 15 is 0 Å². The number of hydrogen-bond acceptors (Lipinski definition) is 4. The first kappa shape index (κ1) is 29.5. The van der Waals surface area contributed by atoms with Gasteiger partial charge in [-0.3, -0.25) is 14.5 Å². The molecule has 2 aliphatic rings. The molecule has 0 saturated carbocycles. The first-order valence-electron chi connectivity index (χ1n) is 13.0. The molecule has 1 atom stereocenters. The van der Waals surface area contributed by atoms with Crippen LogP contribution in [0, 0.1) is 5.82 Å². The molecular formula is C28H33BrF4N4O2. The largest absolute Gasteiger partial charge is 0.416 e. The van der Waals surface area contributed by atoms with Crippen molar-refractivity contribution < 1.29 is 27.2 Å². The van der Waals surface area contributed by atoms with E-state index in [1.54, 1.807) is 26.1 Å². The Balaban J connectivity index is 1.37. The van der Waals surface area contributed by atoms with Gasteiger partial charge < -0.3 is 14.7 Å². The molecule has 2 saturated heterocycles. The number of benzene rings is 2. The number of hydrogen-bond donors (Lipinski definition) is 0. The summed E-state index contributed by atoms with van der Waals surface area (Å²) in [6, 6.07) is 9.82. The zero-order valence-electron chi connectivity index (χ0n) is 22.1. The number of carbonyl (C=O) groups is 2. The molecule has 39 heavy (non-hydrogen) atoms. The van der Waals surface area contributed by atoms with E-state index in [4.69, 9.17) is 0 Å². The topological polar surface area (TPSA) is 47.1 Å². The van der Waals surface area contributed by atoms with Gasteiger partial charge in [-0.2, -0.15) is 13.2 Å². The average Bonchev–Trinajstić information content (AvgIpc) is 2.86. The van der Waals surface area contributed by atoms with Crippen molar-refractivity contribution in [3.05, 3.63) is 69.4 Å². The van der Waals surface area contributed by atoms with Crippen LogP contribution in [0.3, 0.4) is 0 Å². The first-order valence-corrected chi connectivity index (χ1v) is 13.8. The van der Waals surface area contributed by atoms with Gasteiger partial charge >= 0.3 is 6.18 Å². The average molecular weight is 613 g/mol. The molecule has 0 bridgehead atoms. The van der Waals surface area contributed by atoms with E-state index in [0.717, 1.165) is 63.5 Å². The van der Waals surface area contributed by atoms with Gasteiger partial charge in [0.2, 0.25) is 5.91 Å². The highest BCUT2D eigenvalue weighted by molar-refractivity contribution is 9.10. The van der Waals surface area contributed by atoms with Gasteiger partial charge in [0, 0.05) is 81.8 Å². The minimum atomic E-state index is -4.57. The molecule has 11 heteroatoms. The maximum absolute atomic E-state index is 13.6. The van der Waals surface area contributed by atoms with Crippen LogP contribution < -0.4 is 0 Å². The Labute approximate surface area is 234 Å². The fourth-order valence-corrected chi connectivity index (χ4v) is 5.80. The monoisotopic (exact) mass is 612 g/mol. The Morgan fingerprint density at radius 2 is 1.69 bits per heavy atom. The Bertz CT molecular complexity index is 1160. The smallest absolute Gasteiger partial charge is 0.341 e. The predicted octanol–water partition coefficient (Wildman–Crippen LogP) is 4.70. The van der Waals surface area contributed by atoms with Crippen molar-refractivity contribution in [2.24, 2.45) is 0 Å². The van der Waals surface area contributed by atoms with Crippen LogP contribution in [0.1, 0.15) is 40.7 Å². The van der Waals surface area contributed by atoms with Gasteiger partial charge in [-0.15, -0.1) is 0 Å². The molecule has 4 rings (SSSR count). The number of carbonyl (C=O) groups excluding carboxylic acids is 2. The fourth-order valence-electron chi connectivity index (χ4n) is 5.31. The Morgan fingerprint density at radius 3 is 2.28 bits per heavy atom. The molecule has 212 valence electrons. The number of rotatable bonds is 8. The summed E-state index contributed by atoms with van der Waals surface area (Å²) in [5, 5.41) is 0. The molecule has 2 fully saturated rings. The fraction of sp³-hybridized carbons (Fsp3) is 0.500. The summed E-state index contributed by atoms with van der Waals surface area (Å²) in [6.45, 7) is 7.74. The minimum absolute atomic E-state index is 0.0486. The van der Waals surface area contributed by atoms with E-state index in [-0.39, 0.29) is 34.2 Å². The van der Waals surface area contributed by atoms with Crippen molar-refractivity contribution in [1.82, 2.24) is 19.6 Å². The lowest BCUT2D eigenvalue weighted by Crippen LogP contribution is -2.63. The van der Waals surface area contributed by atoms with E-state index in [2.05, 4.69) is 25.7 Å². The molecule has 0 N–H and O–H groups in total. The van der Waals surface area contributed by atoms with Crippen molar-refractivity contribution in [1.29, 1.82) is 0 Å². The van der Waals surface area contributed by atoms with Crippen molar-refractivity contribution in [2.45, 2.75) is 31.5 Å². The minimum Gasteiger partial charge on any atom is -0.341 e. The zero-order chi connectivity index (χ0) is 28.3. The third-order valence-corrected chi connectivity index (χ3v) is 8.12. The Morgan fingerprint density at radius 1 is 1.05 bits per heavy atom. The van der Waals surface area contributed by atoms with Crippen molar-refractivity contribution in [3.8, 4) is 0 Å². The van der Waals surface area contributed by atoms with E-state index in [1.165, 1.54) is 23.1 Å². The lowest BCUT2D eigenvalue weighted by molar-refractivity contribution is -0.137. The zero-order valence-corrected chi connectivity index (χ0v) is 23.6. The number of likely N-dealkylation sites (tertiary alicyclic amines) is 1. The summed E-state index contributed by atoms with van der Waals surface area (Å²) in [6.07, 6.45) is -3.86. The summed E-state index contributed by atoms with van der Waals surface area (Å²) in [7, 11) is 1.58. The second-order valence-corrected chi connectivity index (χ2v) is 11.3. The van der Waals surface area contributed by atoms with E-state index in [9.17, 15) is 27.2 Å². The number of amides is 2. The van der Waals surface area contributed by atoms with Crippen LogP contribution in [0.4, 0.5) is 17.6 Å².